The molecule has 1 saturated carbocycles. The van der Waals surface area contributed by atoms with E-state index in [0.717, 1.165) is 18.6 Å². The zero-order chi connectivity index (χ0) is 25.0. The molecule has 10 heteroatoms. The number of aliphatic hydroxyl groups is 1. The van der Waals surface area contributed by atoms with Crippen LogP contribution in [0.4, 0.5) is 5.69 Å². The first-order valence-electron chi connectivity index (χ1n) is 11.7. The fourth-order valence-corrected chi connectivity index (χ4v) is 4.67. The van der Waals surface area contributed by atoms with Crippen LogP contribution in [0, 0.1) is 0 Å². The molecule has 1 aliphatic heterocycles. The second-order valence-corrected chi connectivity index (χ2v) is 11.1. The Morgan fingerprint density at radius 1 is 1.03 bits per heavy atom. The normalized spacial score (nSPS) is 18.9. The van der Waals surface area contributed by atoms with E-state index in [4.69, 9.17) is 18.9 Å². The zero-order valence-electron chi connectivity index (χ0n) is 19.9. The van der Waals surface area contributed by atoms with Crippen LogP contribution >= 0.6 is 0 Å². The average molecular weight is 506 g/mol. The van der Waals surface area contributed by atoms with Crippen molar-refractivity contribution in [1.29, 1.82) is 0 Å². The van der Waals surface area contributed by atoms with Gasteiger partial charge in [-0.1, -0.05) is 6.92 Å². The Morgan fingerprint density at radius 2 is 1.71 bits per heavy atom. The predicted molar refractivity (Wildman–Crippen MR) is 130 cm³/mol. The summed E-state index contributed by atoms with van der Waals surface area (Å²) in [6.45, 7) is 1.82. The molecule has 1 N–H and O–H groups in total. The number of sulfone groups is 1. The first-order chi connectivity index (χ1) is 16.8. The quantitative estimate of drug-likeness (QED) is 0.469. The third-order valence-electron chi connectivity index (χ3n) is 5.86. The van der Waals surface area contributed by atoms with E-state index < -0.39 is 22.0 Å². The third kappa shape index (κ3) is 6.58. The highest BCUT2D eigenvalue weighted by Gasteiger charge is 2.35. The van der Waals surface area contributed by atoms with Crippen LogP contribution in [0.5, 0.6) is 23.0 Å². The van der Waals surface area contributed by atoms with E-state index in [1.54, 1.807) is 23.1 Å². The minimum Gasteiger partial charge on any atom is -0.493 e. The van der Waals surface area contributed by atoms with Gasteiger partial charge in [-0.25, -0.2) is 8.42 Å². The standard InChI is InChI=1S/C25H31NO8S/c1-3-35(29,30)16-18(27)15-32-22-11-4-17(14-24(22)31-2)26-13-12-23(25(26)28)34-21-9-7-20(8-10-21)33-19-5-6-19/h4,7-11,14,18-19,23,27H,3,5-6,12-13,15-16H2,1-2H3/t18-,23?/m0/s1. The average Bonchev–Trinajstić information content (AvgIpc) is 3.60. The smallest absolute Gasteiger partial charge is 0.268 e. The molecule has 2 aromatic carbocycles. The van der Waals surface area contributed by atoms with Gasteiger partial charge in [-0.2, -0.15) is 0 Å². The van der Waals surface area contributed by atoms with Gasteiger partial charge in [-0.05, 0) is 49.2 Å². The lowest BCUT2D eigenvalue weighted by Gasteiger charge is -2.20. The van der Waals surface area contributed by atoms with Gasteiger partial charge >= 0.3 is 0 Å². The Labute approximate surface area is 205 Å². The maximum Gasteiger partial charge on any atom is 0.268 e. The molecule has 190 valence electrons. The van der Waals surface area contributed by atoms with Gasteiger partial charge in [0.25, 0.3) is 5.91 Å². The number of methoxy groups -OCH3 is 1. The van der Waals surface area contributed by atoms with Gasteiger partial charge in [-0.3, -0.25) is 4.79 Å². The van der Waals surface area contributed by atoms with E-state index >= 15 is 0 Å². The van der Waals surface area contributed by atoms with Crippen molar-refractivity contribution in [3.8, 4) is 23.0 Å². The number of amides is 1. The summed E-state index contributed by atoms with van der Waals surface area (Å²) in [5.74, 6) is 1.56. The SMILES string of the molecule is CCS(=O)(=O)C[C@@H](O)COc1ccc(N2CCC(Oc3ccc(OC4CC4)cc3)C2=O)cc1OC. The van der Waals surface area contributed by atoms with Crippen molar-refractivity contribution in [2.75, 3.05) is 36.7 Å². The molecule has 0 bridgehead atoms. The number of rotatable bonds is 12. The molecular formula is C25H31NO8S. The number of hydrogen-bond donors (Lipinski definition) is 1. The maximum absolute atomic E-state index is 13.0. The molecule has 1 amide bonds. The van der Waals surface area contributed by atoms with Crippen molar-refractivity contribution in [3.05, 3.63) is 42.5 Å². The number of ether oxygens (including phenoxy) is 4. The Balaban J connectivity index is 1.35. The molecule has 4 rings (SSSR count). The van der Waals surface area contributed by atoms with Gasteiger partial charge in [0.05, 0.1) is 19.0 Å². The van der Waals surface area contributed by atoms with E-state index in [1.807, 2.05) is 24.3 Å². The number of hydrogen-bond acceptors (Lipinski definition) is 8. The van der Waals surface area contributed by atoms with Crippen LogP contribution in [0.25, 0.3) is 0 Å². The molecule has 1 saturated heterocycles. The molecule has 1 heterocycles. The van der Waals surface area contributed by atoms with Crippen LogP contribution in [-0.4, -0.2) is 69.5 Å². The van der Waals surface area contributed by atoms with E-state index in [-0.39, 0.29) is 24.0 Å². The Kier molecular flexibility index (Phi) is 7.71. The molecule has 0 radical (unpaired) electrons. The second-order valence-electron chi connectivity index (χ2n) is 8.67. The number of nitrogens with zero attached hydrogens (tertiary/aromatic N) is 1. The van der Waals surface area contributed by atoms with Gasteiger partial charge < -0.3 is 29.0 Å². The largest absolute Gasteiger partial charge is 0.493 e. The molecule has 1 unspecified atom stereocenters. The fraction of sp³-hybridized carbons (Fsp3) is 0.480. The highest BCUT2D eigenvalue weighted by atomic mass is 32.2. The van der Waals surface area contributed by atoms with Gasteiger partial charge in [0.2, 0.25) is 0 Å². The molecule has 2 atom stereocenters. The summed E-state index contributed by atoms with van der Waals surface area (Å²) < 4.78 is 46.0. The Hall–Kier alpha value is -2.98. The molecule has 2 aliphatic rings. The van der Waals surface area contributed by atoms with Gasteiger partial charge in [0.1, 0.15) is 24.2 Å². The number of aliphatic hydroxyl groups excluding tert-OH is 1. The van der Waals surface area contributed by atoms with E-state index in [1.165, 1.54) is 14.0 Å². The van der Waals surface area contributed by atoms with Crippen molar-refractivity contribution >= 4 is 21.4 Å². The summed E-state index contributed by atoms with van der Waals surface area (Å²) in [6, 6.07) is 12.3. The Bertz CT molecular complexity index is 1130. The number of carbonyl (C=O) groups is 1. The van der Waals surface area contributed by atoms with Crippen molar-refractivity contribution in [3.63, 3.8) is 0 Å². The third-order valence-corrected chi connectivity index (χ3v) is 7.63. The topological polar surface area (TPSA) is 112 Å². The minimum absolute atomic E-state index is 0.0448. The Morgan fingerprint density at radius 3 is 2.34 bits per heavy atom. The lowest BCUT2D eigenvalue weighted by Crippen LogP contribution is -2.32. The van der Waals surface area contributed by atoms with Gasteiger partial charge in [0, 0.05) is 30.5 Å². The molecule has 2 aromatic rings. The fourth-order valence-electron chi connectivity index (χ4n) is 3.75. The van der Waals surface area contributed by atoms with E-state index in [0.29, 0.717) is 42.0 Å². The van der Waals surface area contributed by atoms with Crippen LogP contribution < -0.4 is 23.8 Å². The minimum atomic E-state index is -3.32. The van der Waals surface area contributed by atoms with Gasteiger partial charge in [-0.15, -0.1) is 0 Å². The van der Waals surface area contributed by atoms with Crippen LogP contribution in [0.15, 0.2) is 42.5 Å². The summed E-state index contributed by atoms with van der Waals surface area (Å²) in [4.78, 5) is 14.6. The summed E-state index contributed by atoms with van der Waals surface area (Å²) in [6.07, 6.45) is 1.29. The van der Waals surface area contributed by atoms with E-state index in [2.05, 4.69) is 0 Å². The van der Waals surface area contributed by atoms with Gasteiger partial charge in [0.15, 0.2) is 27.4 Å². The number of benzene rings is 2. The summed E-state index contributed by atoms with van der Waals surface area (Å²) in [5.41, 5.74) is 0.632. The number of anilines is 1. The monoisotopic (exact) mass is 505 g/mol. The predicted octanol–water partition coefficient (Wildman–Crippen LogP) is 2.60. The first-order valence-corrected chi connectivity index (χ1v) is 13.5. The molecule has 1 aliphatic carbocycles. The maximum atomic E-state index is 13.0. The highest BCUT2D eigenvalue weighted by Crippen LogP contribution is 2.34. The van der Waals surface area contributed by atoms with Crippen molar-refractivity contribution < 1.29 is 37.3 Å². The molecule has 35 heavy (non-hydrogen) atoms. The van der Waals surface area contributed by atoms with Crippen molar-refractivity contribution in [2.45, 2.75) is 44.5 Å². The lowest BCUT2D eigenvalue weighted by molar-refractivity contribution is -0.122. The van der Waals surface area contributed by atoms with Crippen LogP contribution in [0.3, 0.4) is 0 Å². The van der Waals surface area contributed by atoms with Crippen molar-refractivity contribution in [2.24, 2.45) is 0 Å². The molecule has 9 nitrogen and oxygen atoms in total. The van der Waals surface area contributed by atoms with Crippen molar-refractivity contribution in [1.82, 2.24) is 0 Å². The summed E-state index contributed by atoms with van der Waals surface area (Å²) in [7, 11) is -1.85. The highest BCUT2D eigenvalue weighted by molar-refractivity contribution is 7.91. The summed E-state index contributed by atoms with van der Waals surface area (Å²) in [5, 5.41) is 9.99. The van der Waals surface area contributed by atoms with Crippen LogP contribution in [0.2, 0.25) is 0 Å². The molecule has 0 aromatic heterocycles. The molecular weight excluding hydrogens is 474 g/mol. The lowest BCUT2D eigenvalue weighted by atomic mass is 10.2. The van der Waals surface area contributed by atoms with Crippen LogP contribution in [-0.2, 0) is 14.6 Å². The molecule has 0 spiro atoms. The van der Waals surface area contributed by atoms with E-state index in [9.17, 15) is 18.3 Å². The van der Waals surface area contributed by atoms with Crippen LogP contribution in [0.1, 0.15) is 26.2 Å². The number of carbonyl (C=O) groups excluding carboxylic acids is 1. The second kappa shape index (κ2) is 10.7. The zero-order valence-corrected chi connectivity index (χ0v) is 20.7. The first kappa shape index (κ1) is 25.1. The molecule has 2 fully saturated rings. The summed E-state index contributed by atoms with van der Waals surface area (Å²) >= 11 is 0.